The summed E-state index contributed by atoms with van der Waals surface area (Å²) in [5.74, 6) is 0.159. The van der Waals surface area contributed by atoms with Crippen molar-refractivity contribution in [2.45, 2.75) is 33.0 Å². The summed E-state index contributed by atoms with van der Waals surface area (Å²) < 4.78 is 4.59. The highest BCUT2D eigenvalue weighted by molar-refractivity contribution is 6.80. The number of rotatable bonds is 4. The predicted molar refractivity (Wildman–Crippen MR) is 58.3 cm³/mol. The monoisotopic (exact) mass is 200 g/mol. The first-order valence-electron chi connectivity index (χ1n) is 4.61. The Balaban J connectivity index is 3.94. The zero-order chi connectivity index (χ0) is 10.5. The first-order valence-corrected chi connectivity index (χ1v) is 8.19. The highest BCUT2D eigenvalue weighted by Gasteiger charge is 2.10. The van der Waals surface area contributed by atoms with Gasteiger partial charge in [-0.25, -0.2) is 0 Å². The average molecular weight is 200 g/mol. The van der Waals surface area contributed by atoms with Crippen LogP contribution < -0.4 is 0 Å². The van der Waals surface area contributed by atoms with Crippen molar-refractivity contribution in [1.29, 1.82) is 0 Å². The molecular formula is C10H20O2Si. The number of ether oxygens (including phenoxy) is 1. The van der Waals surface area contributed by atoms with E-state index in [2.05, 4.69) is 36.2 Å². The molecule has 0 aliphatic heterocycles. The van der Waals surface area contributed by atoms with Crippen molar-refractivity contribution < 1.29 is 9.53 Å². The van der Waals surface area contributed by atoms with E-state index in [1.165, 1.54) is 7.11 Å². The highest BCUT2D eigenvalue weighted by Crippen LogP contribution is 2.09. The molecule has 0 spiro atoms. The number of allylic oxidation sites excluding steroid dienone is 1. The molecule has 0 aromatic rings. The molecule has 0 heterocycles. The Kier molecular flexibility index (Phi) is 4.99. The fourth-order valence-electron chi connectivity index (χ4n) is 0.867. The van der Waals surface area contributed by atoms with Crippen molar-refractivity contribution in [2.24, 2.45) is 5.92 Å². The molecule has 3 heteroatoms. The molecule has 0 N–H and O–H groups in total. The van der Waals surface area contributed by atoms with Gasteiger partial charge in [0, 0.05) is 0 Å². The molecular weight excluding hydrogens is 180 g/mol. The molecule has 1 atom stereocenters. The Labute approximate surface area is 82.0 Å². The molecule has 0 aliphatic rings. The maximum atomic E-state index is 10.9. The van der Waals surface area contributed by atoms with Gasteiger partial charge in [-0.15, -0.1) is 0 Å². The minimum absolute atomic E-state index is 0.132. The molecule has 0 fully saturated rings. The van der Waals surface area contributed by atoms with Gasteiger partial charge in [-0.1, -0.05) is 38.3 Å². The second-order valence-corrected chi connectivity index (χ2v) is 9.55. The van der Waals surface area contributed by atoms with Crippen LogP contribution in [0.1, 0.15) is 13.3 Å². The summed E-state index contributed by atoms with van der Waals surface area (Å²) in [5.41, 5.74) is 2.26. The maximum absolute atomic E-state index is 10.9. The van der Waals surface area contributed by atoms with Crippen molar-refractivity contribution >= 4 is 14.0 Å². The third-order valence-electron chi connectivity index (χ3n) is 1.64. The average Bonchev–Trinajstić information content (AvgIpc) is 1.99. The highest BCUT2D eigenvalue weighted by atomic mass is 28.3. The number of hydrogen-bond donors (Lipinski definition) is 0. The Morgan fingerprint density at radius 3 is 2.38 bits per heavy atom. The van der Waals surface area contributed by atoms with Crippen molar-refractivity contribution in [2.75, 3.05) is 7.11 Å². The minimum atomic E-state index is -1.11. The van der Waals surface area contributed by atoms with Crippen LogP contribution in [0.3, 0.4) is 0 Å². The summed E-state index contributed by atoms with van der Waals surface area (Å²) in [6.45, 7) is 8.85. The lowest BCUT2D eigenvalue weighted by Gasteiger charge is -2.10. The summed E-state index contributed by atoms with van der Waals surface area (Å²) >= 11 is 0. The van der Waals surface area contributed by atoms with Crippen molar-refractivity contribution in [3.05, 3.63) is 11.8 Å². The number of hydrogen-bond acceptors (Lipinski definition) is 2. The van der Waals surface area contributed by atoms with Crippen molar-refractivity contribution in [1.82, 2.24) is 0 Å². The standard InChI is InChI=1S/C10H20O2Si/c1-9(8-10(11)12-2)6-7-13(3,4)5/h6-7,9H,8H2,1-5H3/b7-6+/t9-/m1/s1. The van der Waals surface area contributed by atoms with Crippen LogP contribution in [0.2, 0.25) is 19.6 Å². The van der Waals surface area contributed by atoms with Crippen LogP contribution in [0.15, 0.2) is 11.8 Å². The molecule has 0 aliphatic carbocycles. The van der Waals surface area contributed by atoms with Crippen LogP contribution in [0.25, 0.3) is 0 Å². The molecule has 76 valence electrons. The summed E-state index contributed by atoms with van der Waals surface area (Å²) in [5, 5.41) is 0. The zero-order valence-electron chi connectivity index (χ0n) is 9.26. The van der Waals surface area contributed by atoms with Gasteiger partial charge < -0.3 is 4.74 Å². The van der Waals surface area contributed by atoms with Gasteiger partial charge >= 0.3 is 5.97 Å². The zero-order valence-corrected chi connectivity index (χ0v) is 10.3. The fraction of sp³-hybridized carbons (Fsp3) is 0.700. The number of carbonyl (C=O) groups is 1. The maximum Gasteiger partial charge on any atom is 0.306 e. The van der Waals surface area contributed by atoms with Gasteiger partial charge in [0.1, 0.15) is 0 Å². The van der Waals surface area contributed by atoms with Crippen LogP contribution >= 0.6 is 0 Å². The van der Waals surface area contributed by atoms with E-state index in [0.29, 0.717) is 12.3 Å². The van der Waals surface area contributed by atoms with Crippen LogP contribution in [-0.4, -0.2) is 21.2 Å². The van der Waals surface area contributed by atoms with Gasteiger partial charge in [-0.05, 0) is 5.92 Å². The van der Waals surface area contributed by atoms with Crippen LogP contribution in [0.4, 0.5) is 0 Å². The quantitative estimate of drug-likeness (QED) is 0.515. The normalized spacial score (nSPS) is 14.5. The third-order valence-corrected chi connectivity index (χ3v) is 2.83. The predicted octanol–water partition coefficient (Wildman–Crippen LogP) is 2.62. The molecule has 2 nitrogen and oxygen atoms in total. The lowest BCUT2D eigenvalue weighted by molar-refractivity contribution is -0.141. The summed E-state index contributed by atoms with van der Waals surface area (Å²) in [6.07, 6.45) is 2.61. The minimum Gasteiger partial charge on any atom is -0.469 e. The molecule has 0 bridgehead atoms. The Morgan fingerprint density at radius 2 is 2.00 bits per heavy atom. The van der Waals surface area contributed by atoms with Crippen molar-refractivity contribution in [3.63, 3.8) is 0 Å². The first-order chi connectivity index (χ1) is 5.85. The van der Waals surface area contributed by atoms with E-state index in [0.717, 1.165) is 0 Å². The summed E-state index contributed by atoms with van der Waals surface area (Å²) in [4.78, 5) is 10.9. The Bertz CT molecular complexity index is 192. The molecule has 0 amide bonds. The van der Waals surface area contributed by atoms with E-state index in [4.69, 9.17) is 0 Å². The number of carbonyl (C=O) groups excluding carboxylic acids is 1. The summed E-state index contributed by atoms with van der Waals surface area (Å²) in [6, 6.07) is 0. The molecule has 0 rings (SSSR count). The fourth-order valence-corrected chi connectivity index (χ4v) is 1.77. The number of methoxy groups -OCH3 is 1. The smallest absolute Gasteiger partial charge is 0.306 e. The largest absolute Gasteiger partial charge is 0.469 e. The van der Waals surface area contributed by atoms with Gasteiger partial charge in [0.05, 0.1) is 21.6 Å². The lowest BCUT2D eigenvalue weighted by Crippen LogP contribution is -2.16. The van der Waals surface area contributed by atoms with Gasteiger partial charge in [0.2, 0.25) is 0 Å². The Morgan fingerprint density at radius 1 is 1.46 bits per heavy atom. The van der Waals surface area contributed by atoms with Crippen LogP contribution in [0, 0.1) is 5.92 Å². The van der Waals surface area contributed by atoms with Gasteiger partial charge in [-0.3, -0.25) is 4.79 Å². The van der Waals surface area contributed by atoms with E-state index < -0.39 is 8.07 Å². The van der Waals surface area contributed by atoms with Crippen molar-refractivity contribution in [3.8, 4) is 0 Å². The van der Waals surface area contributed by atoms with Gasteiger partial charge in [-0.2, -0.15) is 0 Å². The molecule has 13 heavy (non-hydrogen) atoms. The second kappa shape index (κ2) is 5.22. The molecule has 0 saturated carbocycles. The number of esters is 1. The van der Waals surface area contributed by atoms with Gasteiger partial charge in [0.25, 0.3) is 0 Å². The van der Waals surface area contributed by atoms with E-state index in [9.17, 15) is 4.79 Å². The van der Waals surface area contributed by atoms with E-state index in [-0.39, 0.29) is 5.97 Å². The summed E-state index contributed by atoms with van der Waals surface area (Å²) in [7, 11) is 0.314. The molecule has 0 radical (unpaired) electrons. The first kappa shape index (κ1) is 12.4. The second-order valence-electron chi connectivity index (χ2n) is 4.48. The van der Waals surface area contributed by atoms with E-state index in [1.807, 2.05) is 6.92 Å². The van der Waals surface area contributed by atoms with Crippen LogP contribution in [-0.2, 0) is 9.53 Å². The van der Waals surface area contributed by atoms with Crippen LogP contribution in [0.5, 0.6) is 0 Å². The third kappa shape index (κ3) is 7.78. The SMILES string of the molecule is COC(=O)C[C@H](C)/C=C/[Si](C)(C)C. The van der Waals surface area contributed by atoms with E-state index in [1.54, 1.807) is 0 Å². The molecule has 0 aromatic heterocycles. The van der Waals surface area contributed by atoms with Gasteiger partial charge in [0.15, 0.2) is 0 Å². The molecule has 0 saturated heterocycles. The topological polar surface area (TPSA) is 26.3 Å². The molecule has 0 unspecified atom stereocenters. The van der Waals surface area contributed by atoms with E-state index >= 15 is 0 Å². The Hall–Kier alpha value is -0.573. The molecule has 0 aromatic carbocycles. The lowest BCUT2D eigenvalue weighted by atomic mass is 10.1.